The lowest BCUT2D eigenvalue weighted by molar-refractivity contribution is -0.168. The van der Waals surface area contributed by atoms with Gasteiger partial charge in [0.05, 0.1) is 12.7 Å². The molecular formula is C6H10O5. The molecule has 0 amide bonds. The van der Waals surface area contributed by atoms with E-state index in [-0.39, 0.29) is 13.0 Å². The number of rotatable bonds is 1. The van der Waals surface area contributed by atoms with Gasteiger partial charge in [0, 0.05) is 6.42 Å². The minimum Gasteiger partial charge on any atom is -0.479 e. The molecule has 0 bridgehead atoms. The smallest absolute Gasteiger partial charge is 0.332 e. The van der Waals surface area contributed by atoms with Crippen LogP contribution in [0.3, 0.4) is 0 Å². The largest absolute Gasteiger partial charge is 0.479 e. The first-order valence-electron chi connectivity index (χ1n) is 3.32. The van der Waals surface area contributed by atoms with Crippen molar-refractivity contribution in [1.82, 2.24) is 0 Å². The van der Waals surface area contributed by atoms with Crippen LogP contribution in [0.15, 0.2) is 0 Å². The molecule has 0 spiro atoms. The molecule has 1 saturated heterocycles. The Morgan fingerprint density at radius 2 is 2.00 bits per heavy atom. The number of hydrogen-bond donors (Lipinski definition) is 3. The van der Waals surface area contributed by atoms with E-state index in [0.717, 1.165) is 0 Å². The number of aliphatic carboxylic acids is 1. The molecule has 5 heteroatoms. The summed E-state index contributed by atoms with van der Waals surface area (Å²) in [5.41, 5.74) is 0. The summed E-state index contributed by atoms with van der Waals surface area (Å²) in [7, 11) is 0. The van der Waals surface area contributed by atoms with Gasteiger partial charge < -0.3 is 20.1 Å². The highest BCUT2D eigenvalue weighted by Crippen LogP contribution is 2.14. The molecule has 0 aromatic rings. The SMILES string of the molecule is O=C(O)C1C[C@@H](O)C(O)CO1. The van der Waals surface area contributed by atoms with Crippen molar-refractivity contribution in [2.24, 2.45) is 0 Å². The highest BCUT2D eigenvalue weighted by molar-refractivity contribution is 5.72. The van der Waals surface area contributed by atoms with E-state index >= 15 is 0 Å². The van der Waals surface area contributed by atoms with Crippen LogP contribution in [0.2, 0.25) is 0 Å². The summed E-state index contributed by atoms with van der Waals surface area (Å²) in [6.07, 6.45) is -2.96. The average molecular weight is 162 g/mol. The molecule has 64 valence electrons. The number of hydrogen-bond acceptors (Lipinski definition) is 4. The zero-order valence-electron chi connectivity index (χ0n) is 5.80. The van der Waals surface area contributed by atoms with Gasteiger partial charge in [-0.05, 0) is 0 Å². The standard InChI is InChI=1S/C6H10O5/c7-3-1-5(6(9)10)11-2-4(3)8/h3-5,7-8H,1-2H2,(H,9,10)/t3-,4?,5?/m1/s1. The minimum absolute atomic E-state index is 0.0451. The number of aliphatic hydroxyl groups is 2. The number of ether oxygens (including phenoxy) is 1. The van der Waals surface area contributed by atoms with E-state index in [9.17, 15) is 4.79 Å². The lowest BCUT2D eigenvalue weighted by Crippen LogP contribution is -2.44. The predicted molar refractivity (Wildman–Crippen MR) is 34.0 cm³/mol. The van der Waals surface area contributed by atoms with Gasteiger partial charge in [-0.15, -0.1) is 0 Å². The Balaban J connectivity index is 2.46. The fourth-order valence-electron chi connectivity index (χ4n) is 0.942. The molecule has 11 heavy (non-hydrogen) atoms. The lowest BCUT2D eigenvalue weighted by atomic mass is 10.0. The summed E-state index contributed by atoms with van der Waals surface area (Å²) in [5, 5.41) is 26.3. The number of carboxylic acid groups (broad SMARTS) is 1. The van der Waals surface area contributed by atoms with E-state index in [4.69, 9.17) is 20.1 Å². The van der Waals surface area contributed by atoms with Crippen LogP contribution in [-0.4, -0.2) is 46.2 Å². The Bertz CT molecular complexity index is 157. The van der Waals surface area contributed by atoms with Crippen molar-refractivity contribution in [2.45, 2.75) is 24.7 Å². The Morgan fingerprint density at radius 3 is 2.45 bits per heavy atom. The fourth-order valence-corrected chi connectivity index (χ4v) is 0.942. The first kappa shape index (κ1) is 8.45. The summed E-state index contributed by atoms with van der Waals surface area (Å²) in [4.78, 5) is 10.3. The molecule has 1 fully saturated rings. The van der Waals surface area contributed by atoms with E-state index in [1.165, 1.54) is 0 Å². The van der Waals surface area contributed by atoms with Gasteiger partial charge in [0.25, 0.3) is 0 Å². The van der Waals surface area contributed by atoms with E-state index in [2.05, 4.69) is 0 Å². The Hall–Kier alpha value is -0.650. The molecule has 3 atom stereocenters. The minimum atomic E-state index is -1.10. The maximum absolute atomic E-state index is 10.3. The highest BCUT2D eigenvalue weighted by Gasteiger charge is 2.32. The number of carboxylic acids is 1. The zero-order chi connectivity index (χ0) is 8.43. The number of aliphatic hydroxyl groups excluding tert-OH is 2. The zero-order valence-corrected chi connectivity index (χ0v) is 5.80. The maximum atomic E-state index is 10.3. The normalized spacial score (nSPS) is 38.5. The van der Waals surface area contributed by atoms with E-state index in [1.54, 1.807) is 0 Å². The van der Waals surface area contributed by atoms with Crippen LogP contribution in [-0.2, 0) is 9.53 Å². The molecule has 2 unspecified atom stereocenters. The van der Waals surface area contributed by atoms with Gasteiger partial charge >= 0.3 is 5.97 Å². The van der Waals surface area contributed by atoms with Crippen molar-refractivity contribution in [1.29, 1.82) is 0 Å². The quantitative estimate of drug-likeness (QED) is 0.440. The first-order chi connectivity index (χ1) is 5.11. The third kappa shape index (κ3) is 1.89. The van der Waals surface area contributed by atoms with Crippen molar-refractivity contribution >= 4 is 5.97 Å². The van der Waals surface area contributed by atoms with Crippen LogP contribution in [0.5, 0.6) is 0 Å². The van der Waals surface area contributed by atoms with Crippen molar-refractivity contribution in [2.75, 3.05) is 6.61 Å². The molecule has 0 radical (unpaired) electrons. The van der Waals surface area contributed by atoms with E-state index in [1.807, 2.05) is 0 Å². The van der Waals surface area contributed by atoms with Crippen LogP contribution < -0.4 is 0 Å². The molecule has 1 aliphatic heterocycles. The second-order valence-electron chi connectivity index (χ2n) is 2.53. The van der Waals surface area contributed by atoms with E-state index in [0.29, 0.717) is 0 Å². The number of carbonyl (C=O) groups is 1. The van der Waals surface area contributed by atoms with Crippen LogP contribution in [0.4, 0.5) is 0 Å². The summed E-state index contributed by atoms with van der Waals surface area (Å²) >= 11 is 0. The molecule has 0 aliphatic carbocycles. The van der Waals surface area contributed by atoms with Gasteiger partial charge in [-0.2, -0.15) is 0 Å². The molecule has 0 saturated carbocycles. The van der Waals surface area contributed by atoms with Gasteiger partial charge in [-0.3, -0.25) is 0 Å². The molecule has 0 aromatic heterocycles. The van der Waals surface area contributed by atoms with Gasteiger partial charge in [-0.1, -0.05) is 0 Å². The van der Waals surface area contributed by atoms with E-state index < -0.39 is 24.3 Å². The third-order valence-corrected chi connectivity index (χ3v) is 1.64. The Kier molecular flexibility index (Phi) is 2.43. The third-order valence-electron chi connectivity index (χ3n) is 1.64. The van der Waals surface area contributed by atoms with Crippen LogP contribution in [0, 0.1) is 0 Å². The molecule has 5 nitrogen and oxygen atoms in total. The van der Waals surface area contributed by atoms with Crippen molar-refractivity contribution in [3.05, 3.63) is 0 Å². The monoisotopic (exact) mass is 162 g/mol. The van der Waals surface area contributed by atoms with Crippen LogP contribution in [0.25, 0.3) is 0 Å². The fraction of sp³-hybridized carbons (Fsp3) is 0.833. The van der Waals surface area contributed by atoms with Gasteiger partial charge in [-0.25, -0.2) is 4.79 Å². The molecule has 1 aliphatic rings. The Morgan fingerprint density at radius 1 is 1.36 bits per heavy atom. The van der Waals surface area contributed by atoms with Gasteiger partial charge in [0.2, 0.25) is 0 Å². The second kappa shape index (κ2) is 3.17. The highest BCUT2D eigenvalue weighted by atomic mass is 16.5. The summed E-state index contributed by atoms with van der Waals surface area (Å²) in [5.74, 6) is -1.10. The van der Waals surface area contributed by atoms with Crippen LogP contribution >= 0.6 is 0 Å². The molecular weight excluding hydrogens is 152 g/mol. The summed E-state index contributed by atoms with van der Waals surface area (Å²) in [6, 6.07) is 0. The molecule has 3 N–H and O–H groups in total. The molecule has 1 heterocycles. The summed E-state index contributed by atoms with van der Waals surface area (Å²) in [6.45, 7) is -0.113. The Labute approximate surface area is 63.2 Å². The van der Waals surface area contributed by atoms with Crippen LogP contribution in [0.1, 0.15) is 6.42 Å². The second-order valence-corrected chi connectivity index (χ2v) is 2.53. The lowest BCUT2D eigenvalue weighted by Gasteiger charge is -2.27. The average Bonchev–Trinajstić information content (AvgIpc) is 1.94. The van der Waals surface area contributed by atoms with Crippen molar-refractivity contribution in [3.63, 3.8) is 0 Å². The summed E-state index contributed by atoms with van der Waals surface area (Å²) < 4.78 is 4.71. The maximum Gasteiger partial charge on any atom is 0.332 e. The predicted octanol–water partition coefficient (Wildman–Crippen LogP) is -1.42. The first-order valence-corrected chi connectivity index (χ1v) is 3.32. The molecule has 0 aromatic carbocycles. The molecule has 1 rings (SSSR count). The van der Waals surface area contributed by atoms with Crippen molar-refractivity contribution in [3.8, 4) is 0 Å². The topological polar surface area (TPSA) is 87.0 Å². The van der Waals surface area contributed by atoms with Gasteiger partial charge in [0.1, 0.15) is 6.10 Å². The van der Waals surface area contributed by atoms with Crippen molar-refractivity contribution < 1.29 is 24.9 Å². The van der Waals surface area contributed by atoms with Gasteiger partial charge in [0.15, 0.2) is 6.10 Å².